The lowest BCUT2D eigenvalue weighted by Crippen LogP contribution is -2.33. The molecule has 7 heteroatoms. The molecule has 0 aromatic heterocycles. The molecule has 1 aliphatic rings. The van der Waals surface area contributed by atoms with Crippen LogP contribution in [0, 0.1) is 19.7 Å². The van der Waals surface area contributed by atoms with Gasteiger partial charge in [-0.25, -0.2) is 9.38 Å². The maximum atomic E-state index is 13.0. The highest BCUT2D eigenvalue weighted by Crippen LogP contribution is 2.32. The normalized spacial score (nSPS) is 17.6. The maximum Gasteiger partial charge on any atom is 0.242 e. The van der Waals surface area contributed by atoms with Gasteiger partial charge in [-0.15, -0.1) is 6.58 Å². The van der Waals surface area contributed by atoms with Crippen LogP contribution >= 0.6 is 11.8 Å². The van der Waals surface area contributed by atoms with E-state index in [2.05, 4.69) is 23.0 Å². The summed E-state index contributed by atoms with van der Waals surface area (Å²) in [6.45, 7) is 8.02. The molecule has 0 radical (unpaired) electrons. The van der Waals surface area contributed by atoms with E-state index in [1.165, 1.54) is 36.0 Å². The first-order chi connectivity index (χ1) is 13.9. The van der Waals surface area contributed by atoms with Crippen LogP contribution in [0.2, 0.25) is 0 Å². The minimum Gasteiger partial charge on any atom is -0.326 e. The molecule has 150 valence electrons. The van der Waals surface area contributed by atoms with Gasteiger partial charge in [0.1, 0.15) is 11.1 Å². The second kappa shape index (κ2) is 9.05. The van der Waals surface area contributed by atoms with Gasteiger partial charge in [0.25, 0.3) is 0 Å². The summed E-state index contributed by atoms with van der Waals surface area (Å²) in [7, 11) is 0. The molecule has 29 heavy (non-hydrogen) atoms. The first-order valence-electron chi connectivity index (χ1n) is 9.17. The summed E-state index contributed by atoms with van der Waals surface area (Å²) in [5, 5.41) is 2.68. The molecule has 2 aromatic rings. The third-order valence-corrected chi connectivity index (χ3v) is 5.44. The number of nitrogens with zero attached hydrogens (tertiary/aromatic N) is 2. The van der Waals surface area contributed by atoms with Crippen LogP contribution in [-0.2, 0) is 9.59 Å². The predicted molar refractivity (Wildman–Crippen MR) is 116 cm³/mol. The van der Waals surface area contributed by atoms with E-state index in [0.717, 1.165) is 16.8 Å². The average Bonchev–Trinajstić information content (AvgIpc) is 2.92. The van der Waals surface area contributed by atoms with Gasteiger partial charge in [-0.1, -0.05) is 23.9 Å². The number of benzene rings is 2. The Hall–Kier alpha value is -2.93. The van der Waals surface area contributed by atoms with Crippen molar-refractivity contribution < 1.29 is 14.0 Å². The molecular formula is C22H22FN3O2S. The largest absolute Gasteiger partial charge is 0.326 e. The highest BCUT2D eigenvalue weighted by molar-refractivity contribution is 8.15. The summed E-state index contributed by atoms with van der Waals surface area (Å²) in [4.78, 5) is 31.4. The van der Waals surface area contributed by atoms with Crippen LogP contribution in [0.5, 0.6) is 0 Å². The molecule has 2 aromatic carbocycles. The van der Waals surface area contributed by atoms with Crippen LogP contribution in [0.4, 0.5) is 15.8 Å². The van der Waals surface area contributed by atoms with E-state index in [4.69, 9.17) is 0 Å². The Bertz CT molecular complexity index is 952. The predicted octanol–water partition coefficient (Wildman–Crippen LogP) is 4.59. The number of anilines is 1. The summed E-state index contributed by atoms with van der Waals surface area (Å²) in [5.74, 6) is -0.863. The third kappa shape index (κ3) is 5.32. The van der Waals surface area contributed by atoms with E-state index in [0.29, 0.717) is 17.4 Å². The fraction of sp³-hybridized carbons (Fsp3) is 0.227. The van der Waals surface area contributed by atoms with Crippen LogP contribution in [0.25, 0.3) is 0 Å². The molecule has 1 N–H and O–H groups in total. The number of halogens is 1. The van der Waals surface area contributed by atoms with Gasteiger partial charge in [0.2, 0.25) is 11.8 Å². The number of carbonyl (C=O) groups is 2. The molecule has 0 spiro atoms. The molecule has 0 saturated carbocycles. The van der Waals surface area contributed by atoms with Crippen molar-refractivity contribution in [1.82, 2.24) is 4.90 Å². The summed E-state index contributed by atoms with van der Waals surface area (Å²) in [6, 6.07) is 11.5. The second-order valence-corrected chi connectivity index (χ2v) is 8.01. The van der Waals surface area contributed by atoms with Crippen LogP contribution in [0.15, 0.2) is 60.1 Å². The average molecular weight is 412 g/mol. The highest BCUT2D eigenvalue weighted by atomic mass is 32.2. The monoisotopic (exact) mass is 411 g/mol. The molecule has 0 aliphatic carbocycles. The van der Waals surface area contributed by atoms with Crippen LogP contribution in [-0.4, -0.2) is 33.7 Å². The Balaban J connectivity index is 1.75. The Kier molecular flexibility index (Phi) is 6.49. The molecule has 1 aliphatic heterocycles. The minimum absolute atomic E-state index is 0.000381. The molecule has 1 atom stereocenters. The fourth-order valence-electron chi connectivity index (χ4n) is 3.06. The van der Waals surface area contributed by atoms with Gasteiger partial charge in [0, 0.05) is 18.7 Å². The Morgan fingerprint density at radius 3 is 2.52 bits per heavy atom. The van der Waals surface area contributed by atoms with E-state index < -0.39 is 5.25 Å². The van der Waals surface area contributed by atoms with Crippen molar-refractivity contribution in [2.24, 2.45) is 4.99 Å². The lowest BCUT2D eigenvalue weighted by Gasteiger charge is -2.14. The number of rotatable bonds is 6. The zero-order chi connectivity index (χ0) is 21.0. The van der Waals surface area contributed by atoms with Gasteiger partial charge in [-0.2, -0.15) is 0 Å². The number of thioether (sulfide) groups is 1. The van der Waals surface area contributed by atoms with Crippen LogP contribution in [0.1, 0.15) is 17.5 Å². The highest BCUT2D eigenvalue weighted by Gasteiger charge is 2.38. The first kappa shape index (κ1) is 20.8. The van der Waals surface area contributed by atoms with E-state index in [9.17, 15) is 14.0 Å². The second-order valence-electron chi connectivity index (χ2n) is 6.84. The van der Waals surface area contributed by atoms with E-state index >= 15 is 0 Å². The molecule has 2 amide bonds. The standard InChI is InChI=1S/C22H22FN3O2S/c1-4-9-26-21(28)19(13-20(27)24-17-7-5-16(23)6-8-17)29-22(26)25-18-11-14(2)10-15(3)12-18/h4-8,10-12,19H,1,9,13H2,2-3H3,(H,24,27)/t19-/m0/s1. The van der Waals surface area contributed by atoms with Crippen LogP contribution < -0.4 is 5.32 Å². The lowest BCUT2D eigenvalue weighted by atomic mass is 10.1. The zero-order valence-electron chi connectivity index (χ0n) is 16.3. The Labute approximate surface area is 173 Å². The molecule has 0 bridgehead atoms. The van der Waals surface area contributed by atoms with Gasteiger partial charge in [-0.05, 0) is 61.4 Å². The number of amides is 2. The minimum atomic E-state index is -0.569. The molecular weight excluding hydrogens is 389 g/mol. The van der Waals surface area contributed by atoms with Crippen molar-refractivity contribution in [3.63, 3.8) is 0 Å². The van der Waals surface area contributed by atoms with Crippen LogP contribution in [0.3, 0.4) is 0 Å². The molecule has 1 fully saturated rings. The van der Waals surface area contributed by atoms with Crippen molar-refractivity contribution in [3.05, 3.63) is 72.1 Å². The summed E-state index contributed by atoms with van der Waals surface area (Å²) in [6.07, 6.45) is 1.64. The number of carbonyl (C=O) groups excluding carboxylic acids is 2. The lowest BCUT2D eigenvalue weighted by molar-refractivity contribution is -0.127. The number of aliphatic imine (C=N–C) groups is 1. The Morgan fingerprint density at radius 1 is 1.24 bits per heavy atom. The summed E-state index contributed by atoms with van der Waals surface area (Å²) in [5.41, 5.74) is 3.43. The van der Waals surface area contributed by atoms with E-state index in [-0.39, 0.29) is 24.1 Å². The van der Waals surface area contributed by atoms with E-state index in [1.54, 1.807) is 11.0 Å². The van der Waals surface area contributed by atoms with Gasteiger partial charge in [0.15, 0.2) is 5.17 Å². The Morgan fingerprint density at radius 2 is 1.90 bits per heavy atom. The van der Waals surface area contributed by atoms with E-state index in [1.807, 2.05) is 26.0 Å². The number of nitrogens with one attached hydrogen (secondary N) is 1. The van der Waals surface area contributed by atoms with Crippen molar-refractivity contribution >= 4 is 40.1 Å². The van der Waals surface area contributed by atoms with Gasteiger partial charge in [0.05, 0.1) is 5.69 Å². The topological polar surface area (TPSA) is 61.8 Å². The first-order valence-corrected chi connectivity index (χ1v) is 10.0. The SMILES string of the molecule is C=CCN1C(=O)[C@H](CC(=O)Nc2ccc(F)cc2)SC1=Nc1cc(C)cc(C)c1. The van der Waals surface area contributed by atoms with Gasteiger partial charge < -0.3 is 5.32 Å². The van der Waals surface area contributed by atoms with Crippen molar-refractivity contribution in [1.29, 1.82) is 0 Å². The molecule has 3 rings (SSSR count). The van der Waals surface area contributed by atoms with Gasteiger partial charge >= 0.3 is 0 Å². The molecule has 5 nitrogen and oxygen atoms in total. The molecule has 0 unspecified atom stereocenters. The van der Waals surface area contributed by atoms with Crippen molar-refractivity contribution in [3.8, 4) is 0 Å². The van der Waals surface area contributed by atoms with Crippen molar-refractivity contribution in [2.45, 2.75) is 25.5 Å². The number of amidine groups is 1. The summed E-state index contributed by atoms with van der Waals surface area (Å²) >= 11 is 1.27. The quantitative estimate of drug-likeness (QED) is 0.708. The summed E-state index contributed by atoms with van der Waals surface area (Å²) < 4.78 is 13.0. The number of hydrogen-bond acceptors (Lipinski definition) is 4. The fourth-order valence-corrected chi connectivity index (χ4v) is 4.23. The number of hydrogen-bond donors (Lipinski definition) is 1. The molecule has 1 saturated heterocycles. The smallest absolute Gasteiger partial charge is 0.242 e. The van der Waals surface area contributed by atoms with Gasteiger partial charge in [-0.3, -0.25) is 14.5 Å². The van der Waals surface area contributed by atoms with Crippen molar-refractivity contribution in [2.75, 3.05) is 11.9 Å². The third-order valence-electron chi connectivity index (χ3n) is 4.26. The zero-order valence-corrected chi connectivity index (χ0v) is 17.1. The number of aryl methyl sites for hydroxylation is 2. The maximum absolute atomic E-state index is 13.0. The molecule has 1 heterocycles.